The molecule has 0 radical (unpaired) electrons. The van der Waals surface area contributed by atoms with Crippen LogP contribution in [0.4, 0.5) is 0 Å². The van der Waals surface area contributed by atoms with E-state index in [2.05, 4.69) is 31.9 Å². The molecule has 0 amide bonds. The van der Waals surface area contributed by atoms with Crippen LogP contribution in [0.3, 0.4) is 0 Å². The van der Waals surface area contributed by atoms with Crippen LogP contribution < -0.4 is 0 Å². The highest BCUT2D eigenvalue weighted by Crippen LogP contribution is 2.28. The monoisotopic (exact) mass is 616 g/mol. The molecule has 4 aromatic rings. The lowest BCUT2D eigenvalue weighted by Crippen LogP contribution is -2.33. The summed E-state index contributed by atoms with van der Waals surface area (Å²) in [5.74, 6) is -4.17. The lowest BCUT2D eigenvalue weighted by molar-refractivity contribution is 0.0728. The summed E-state index contributed by atoms with van der Waals surface area (Å²) in [6.45, 7) is 0. The van der Waals surface area contributed by atoms with Gasteiger partial charge in [-0.1, -0.05) is 117 Å². The van der Waals surface area contributed by atoms with E-state index in [9.17, 15) is 19.2 Å². The number of hydrogen-bond acceptors (Lipinski definition) is 4. The third-order valence-corrected chi connectivity index (χ3v) is 7.17. The Morgan fingerprint density at radius 3 is 1.00 bits per heavy atom. The molecule has 0 aliphatic heterocycles. The lowest BCUT2D eigenvalue weighted by Gasteiger charge is -2.21. The normalized spacial score (nSPS) is 12.4. The molecule has 0 heterocycles. The molecule has 37 heavy (non-hydrogen) atoms. The van der Waals surface area contributed by atoms with Crippen molar-refractivity contribution in [1.82, 2.24) is 0 Å². The molecule has 2 atom stereocenters. The van der Waals surface area contributed by atoms with E-state index in [0.29, 0.717) is 22.3 Å². The molecule has 0 aliphatic carbocycles. The number of benzene rings is 4. The van der Waals surface area contributed by atoms with Crippen LogP contribution in [0.15, 0.2) is 118 Å². The van der Waals surface area contributed by atoms with Crippen molar-refractivity contribution in [3.63, 3.8) is 0 Å². The number of Topliss-reactive ketones (excluding diaryl/α,β-unsaturated/α-hetero) is 4. The van der Waals surface area contributed by atoms with Crippen LogP contribution in [0.25, 0.3) is 0 Å². The Kier molecular flexibility index (Phi) is 8.74. The van der Waals surface area contributed by atoms with E-state index in [-0.39, 0.29) is 6.42 Å². The zero-order valence-corrected chi connectivity index (χ0v) is 22.8. The fraction of sp³-hybridized carbons (Fsp3) is 0.0968. The summed E-state index contributed by atoms with van der Waals surface area (Å²) in [4.78, 5) is 54.7. The molecule has 0 aliphatic rings. The largest absolute Gasteiger partial charge is 0.293 e. The Morgan fingerprint density at radius 2 is 0.703 bits per heavy atom. The maximum Gasteiger partial charge on any atom is 0.173 e. The topological polar surface area (TPSA) is 68.3 Å². The average Bonchev–Trinajstić information content (AvgIpc) is 2.94. The van der Waals surface area contributed by atoms with Gasteiger partial charge in [0.1, 0.15) is 0 Å². The molecule has 0 spiro atoms. The van der Waals surface area contributed by atoms with Crippen molar-refractivity contribution in [3.05, 3.63) is 140 Å². The van der Waals surface area contributed by atoms with Crippen LogP contribution in [-0.2, 0) is 0 Å². The average molecular weight is 618 g/mol. The molecule has 2 unspecified atom stereocenters. The molecule has 0 aromatic heterocycles. The van der Waals surface area contributed by atoms with Crippen molar-refractivity contribution in [2.45, 2.75) is 6.42 Å². The van der Waals surface area contributed by atoms with Gasteiger partial charge in [0.25, 0.3) is 0 Å². The minimum atomic E-state index is -1.22. The van der Waals surface area contributed by atoms with E-state index in [0.717, 1.165) is 8.95 Å². The Hall–Kier alpha value is -3.48. The molecular formula is C31H22Br2O4. The van der Waals surface area contributed by atoms with Crippen molar-refractivity contribution in [2.24, 2.45) is 11.8 Å². The molecule has 0 bridgehead atoms. The van der Waals surface area contributed by atoms with Crippen molar-refractivity contribution in [3.8, 4) is 0 Å². The summed E-state index contributed by atoms with van der Waals surface area (Å²) in [5.41, 5.74) is 1.36. The smallest absolute Gasteiger partial charge is 0.173 e. The predicted molar refractivity (Wildman–Crippen MR) is 150 cm³/mol. The molecule has 0 saturated heterocycles. The minimum Gasteiger partial charge on any atom is -0.293 e. The van der Waals surface area contributed by atoms with Gasteiger partial charge in [-0.3, -0.25) is 19.2 Å². The van der Waals surface area contributed by atoms with Crippen molar-refractivity contribution < 1.29 is 19.2 Å². The van der Waals surface area contributed by atoms with Gasteiger partial charge in [0, 0.05) is 31.2 Å². The highest BCUT2D eigenvalue weighted by molar-refractivity contribution is 9.10. The number of carbonyl (C=O) groups is 4. The second-order valence-electron chi connectivity index (χ2n) is 8.54. The SMILES string of the molecule is O=C(c1ccccc1)C(CC(C(=O)c1ccccc1)C(=O)c1ccc(Br)cc1)C(=O)c1ccc(Br)cc1. The van der Waals surface area contributed by atoms with Crippen LogP contribution in [0.5, 0.6) is 0 Å². The Labute approximate surface area is 232 Å². The number of ketones is 4. The van der Waals surface area contributed by atoms with Gasteiger partial charge >= 0.3 is 0 Å². The van der Waals surface area contributed by atoms with E-state index in [1.807, 2.05) is 0 Å². The van der Waals surface area contributed by atoms with Gasteiger partial charge in [-0.2, -0.15) is 0 Å². The van der Waals surface area contributed by atoms with Crippen LogP contribution >= 0.6 is 31.9 Å². The third kappa shape index (κ3) is 6.45. The summed E-state index contributed by atoms with van der Waals surface area (Å²) < 4.78 is 1.58. The highest BCUT2D eigenvalue weighted by atomic mass is 79.9. The molecule has 4 rings (SSSR count). The predicted octanol–water partition coefficient (Wildman–Crippen LogP) is 7.67. The zero-order chi connectivity index (χ0) is 26.4. The first-order valence-corrected chi connectivity index (χ1v) is 13.2. The number of halogens is 2. The van der Waals surface area contributed by atoms with Gasteiger partial charge in [-0.05, 0) is 30.7 Å². The molecule has 4 aromatic carbocycles. The number of rotatable bonds is 10. The zero-order valence-electron chi connectivity index (χ0n) is 19.6. The van der Waals surface area contributed by atoms with E-state index < -0.39 is 35.0 Å². The second kappa shape index (κ2) is 12.2. The van der Waals surface area contributed by atoms with Crippen molar-refractivity contribution >= 4 is 55.0 Å². The van der Waals surface area contributed by atoms with E-state index in [1.165, 1.54) is 0 Å². The molecular weight excluding hydrogens is 596 g/mol. The summed E-state index contributed by atoms with van der Waals surface area (Å²) in [6.07, 6.45) is -0.245. The maximum atomic E-state index is 13.7. The van der Waals surface area contributed by atoms with Crippen LogP contribution in [0, 0.1) is 11.8 Å². The molecule has 6 heteroatoms. The fourth-order valence-corrected chi connectivity index (χ4v) is 4.67. The first-order valence-electron chi connectivity index (χ1n) is 11.6. The van der Waals surface area contributed by atoms with Crippen LogP contribution in [-0.4, -0.2) is 23.1 Å². The van der Waals surface area contributed by atoms with Crippen molar-refractivity contribution in [2.75, 3.05) is 0 Å². The van der Waals surface area contributed by atoms with Gasteiger partial charge < -0.3 is 0 Å². The van der Waals surface area contributed by atoms with Gasteiger partial charge in [0.2, 0.25) is 0 Å². The van der Waals surface area contributed by atoms with E-state index >= 15 is 0 Å². The van der Waals surface area contributed by atoms with Gasteiger partial charge in [0.05, 0.1) is 11.8 Å². The molecule has 0 fully saturated rings. The Morgan fingerprint density at radius 1 is 0.432 bits per heavy atom. The maximum absolute atomic E-state index is 13.7. The molecule has 184 valence electrons. The summed E-state index contributed by atoms with van der Waals surface area (Å²) >= 11 is 6.72. The van der Waals surface area contributed by atoms with E-state index in [4.69, 9.17) is 0 Å². The Balaban J connectivity index is 1.78. The van der Waals surface area contributed by atoms with Gasteiger partial charge in [0.15, 0.2) is 23.1 Å². The molecule has 0 saturated carbocycles. The molecule has 0 N–H and O–H groups in total. The van der Waals surface area contributed by atoms with E-state index in [1.54, 1.807) is 109 Å². The van der Waals surface area contributed by atoms with Gasteiger partial charge in [-0.15, -0.1) is 0 Å². The lowest BCUT2D eigenvalue weighted by atomic mass is 9.78. The quantitative estimate of drug-likeness (QED) is 0.135. The number of hydrogen-bond donors (Lipinski definition) is 0. The first-order chi connectivity index (χ1) is 17.8. The summed E-state index contributed by atoms with van der Waals surface area (Å²) in [7, 11) is 0. The van der Waals surface area contributed by atoms with Crippen LogP contribution in [0.2, 0.25) is 0 Å². The molecule has 4 nitrogen and oxygen atoms in total. The minimum absolute atomic E-state index is 0.245. The summed E-state index contributed by atoms with van der Waals surface area (Å²) in [5, 5.41) is 0. The highest BCUT2D eigenvalue weighted by Gasteiger charge is 2.37. The van der Waals surface area contributed by atoms with Gasteiger partial charge in [-0.25, -0.2) is 0 Å². The number of carbonyl (C=O) groups excluding carboxylic acids is 4. The third-order valence-electron chi connectivity index (χ3n) is 6.11. The summed E-state index contributed by atoms with van der Waals surface area (Å²) in [6, 6.07) is 30.3. The standard InChI is InChI=1S/C31H22Br2O4/c32-24-15-11-22(12-16-24)30(36)26(28(34)20-7-3-1-4-8-20)19-27(29(35)21-9-5-2-6-10-21)31(37)23-13-17-25(33)18-14-23/h1-18,26-27H,19H2. The Bertz CT molecular complexity index is 1300. The fourth-order valence-electron chi connectivity index (χ4n) is 4.14. The second-order valence-corrected chi connectivity index (χ2v) is 10.4. The van der Waals surface area contributed by atoms with Crippen molar-refractivity contribution in [1.29, 1.82) is 0 Å². The van der Waals surface area contributed by atoms with Crippen LogP contribution in [0.1, 0.15) is 47.9 Å². The first kappa shape index (κ1) is 26.6.